The van der Waals surface area contributed by atoms with Crippen molar-refractivity contribution in [3.05, 3.63) is 57.1 Å². The highest BCUT2D eigenvalue weighted by Crippen LogP contribution is 2.57. The molecule has 0 radical (unpaired) electrons. The zero-order valence-electron chi connectivity index (χ0n) is 12.6. The van der Waals surface area contributed by atoms with Gasteiger partial charge in [0.25, 0.3) is 0 Å². The minimum atomic E-state index is -0.573. The standard InChI is InChI=1S/C18H16Cl2F2/c1-4-18(9(2)3)12-5-10(19)6-14(20)16(12)17-13(18)7-11(21)8-15(17)22/h5-9H,4H2,1-3H3. The lowest BCUT2D eigenvalue weighted by atomic mass is 9.68. The van der Waals surface area contributed by atoms with E-state index in [1.165, 1.54) is 6.07 Å². The van der Waals surface area contributed by atoms with Crippen LogP contribution in [0.3, 0.4) is 0 Å². The molecule has 22 heavy (non-hydrogen) atoms. The molecule has 0 heterocycles. The van der Waals surface area contributed by atoms with Crippen molar-refractivity contribution < 1.29 is 8.78 Å². The highest BCUT2D eigenvalue weighted by molar-refractivity contribution is 6.37. The summed E-state index contributed by atoms with van der Waals surface area (Å²) in [4.78, 5) is 0. The summed E-state index contributed by atoms with van der Waals surface area (Å²) in [5.74, 6) is -0.991. The molecular formula is C18H16Cl2F2. The molecule has 1 aliphatic carbocycles. The van der Waals surface area contributed by atoms with Gasteiger partial charge in [-0.15, -0.1) is 0 Å². The van der Waals surface area contributed by atoms with Gasteiger partial charge >= 0.3 is 0 Å². The van der Waals surface area contributed by atoms with Crippen LogP contribution in [0.1, 0.15) is 38.3 Å². The summed E-state index contributed by atoms with van der Waals surface area (Å²) in [7, 11) is 0. The van der Waals surface area contributed by atoms with Crippen molar-refractivity contribution in [1.29, 1.82) is 0 Å². The third-order valence-electron chi connectivity index (χ3n) is 4.86. The Bertz CT molecular complexity index is 709. The second kappa shape index (κ2) is 5.21. The van der Waals surface area contributed by atoms with Gasteiger partial charge in [-0.1, -0.05) is 44.0 Å². The molecule has 116 valence electrons. The minimum Gasteiger partial charge on any atom is -0.207 e. The number of fused-ring (bicyclic) bond motifs is 3. The summed E-state index contributed by atoms with van der Waals surface area (Å²) >= 11 is 12.5. The van der Waals surface area contributed by atoms with Crippen molar-refractivity contribution >= 4 is 23.2 Å². The molecule has 0 aromatic heterocycles. The molecule has 0 saturated carbocycles. The van der Waals surface area contributed by atoms with E-state index in [0.29, 0.717) is 33.2 Å². The van der Waals surface area contributed by atoms with E-state index in [2.05, 4.69) is 13.8 Å². The van der Waals surface area contributed by atoms with Crippen LogP contribution in [0.25, 0.3) is 11.1 Å². The Morgan fingerprint density at radius 3 is 2.23 bits per heavy atom. The molecule has 1 atom stereocenters. The van der Waals surface area contributed by atoms with Gasteiger partial charge in [0.15, 0.2) is 0 Å². The maximum Gasteiger partial charge on any atom is 0.134 e. The molecule has 0 saturated heterocycles. The van der Waals surface area contributed by atoms with Gasteiger partial charge in [-0.3, -0.25) is 0 Å². The predicted octanol–water partition coefficient (Wildman–Crippen LogP) is 6.60. The fourth-order valence-corrected chi connectivity index (χ4v) is 4.50. The number of rotatable bonds is 2. The first kappa shape index (κ1) is 15.8. The maximum absolute atomic E-state index is 14.5. The Morgan fingerprint density at radius 1 is 1.00 bits per heavy atom. The Labute approximate surface area is 139 Å². The second-order valence-electron chi connectivity index (χ2n) is 6.10. The Hall–Kier alpha value is -1.12. The normalized spacial score (nSPS) is 19.5. The van der Waals surface area contributed by atoms with Gasteiger partial charge in [-0.25, -0.2) is 8.78 Å². The van der Waals surface area contributed by atoms with E-state index in [1.807, 2.05) is 13.0 Å². The van der Waals surface area contributed by atoms with E-state index in [4.69, 9.17) is 23.2 Å². The monoisotopic (exact) mass is 340 g/mol. The minimum absolute atomic E-state index is 0.147. The predicted molar refractivity (Wildman–Crippen MR) is 87.7 cm³/mol. The molecule has 4 heteroatoms. The molecule has 2 aromatic rings. The molecule has 0 amide bonds. The number of hydrogen-bond donors (Lipinski definition) is 0. The van der Waals surface area contributed by atoms with E-state index in [9.17, 15) is 8.78 Å². The summed E-state index contributed by atoms with van der Waals surface area (Å²) in [6.07, 6.45) is 0.713. The molecule has 3 rings (SSSR count). The van der Waals surface area contributed by atoms with Gasteiger partial charge in [0, 0.05) is 27.6 Å². The Balaban J connectivity index is 2.52. The highest BCUT2D eigenvalue weighted by Gasteiger charge is 2.46. The molecule has 0 N–H and O–H groups in total. The van der Waals surface area contributed by atoms with Crippen LogP contribution in [-0.4, -0.2) is 0 Å². The van der Waals surface area contributed by atoms with Crippen LogP contribution in [-0.2, 0) is 5.41 Å². The number of hydrogen-bond acceptors (Lipinski definition) is 0. The zero-order chi connectivity index (χ0) is 16.2. The van der Waals surface area contributed by atoms with Gasteiger partial charge in [0.05, 0.1) is 5.02 Å². The molecule has 2 aromatic carbocycles. The van der Waals surface area contributed by atoms with Crippen LogP contribution in [0.15, 0.2) is 24.3 Å². The van der Waals surface area contributed by atoms with Crippen LogP contribution in [0.4, 0.5) is 8.78 Å². The average Bonchev–Trinajstić information content (AvgIpc) is 2.69. The molecule has 1 unspecified atom stereocenters. The van der Waals surface area contributed by atoms with Crippen molar-refractivity contribution in [2.75, 3.05) is 0 Å². The summed E-state index contributed by atoms with van der Waals surface area (Å²) in [5.41, 5.74) is 2.13. The van der Waals surface area contributed by atoms with Crippen LogP contribution in [0, 0.1) is 17.6 Å². The topological polar surface area (TPSA) is 0 Å². The van der Waals surface area contributed by atoms with Crippen LogP contribution >= 0.6 is 23.2 Å². The lowest BCUT2D eigenvalue weighted by Gasteiger charge is -2.35. The largest absolute Gasteiger partial charge is 0.207 e. The van der Waals surface area contributed by atoms with Crippen molar-refractivity contribution in [3.8, 4) is 11.1 Å². The van der Waals surface area contributed by atoms with Gasteiger partial charge < -0.3 is 0 Å². The average molecular weight is 341 g/mol. The van der Waals surface area contributed by atoms with Crippen LogP contribution in [0.5, 0.6) is 0 Å². The molecule has 0 aliphatic heterocycles. The first-order valence-electron chi connectivity index (χ1n) is 7.32. The lowest BCUT2D eigenvalue weighted by Crippen LogP contribution is -2.31. The first-order chi connectivity index (χ1) is 10.3. The third-order valence-corrected chi connectivity index (χ3v) is 5.38. The van der Waals surface area contributed by atoms with E-state index >= 15 is 0 Å². The van der Waals surface area contributed by atoms with E-state index in [-0.39, 0.29) is 5.92 Å². The molecule has 0 spiro atoms. The van der Waals surface area contributed by atoms with E-state index in [1.54, 1.807) is 6.07 Å². The van der Waals surface area contributed by atoms with Gasteiger partial charge in [-0.05, 0) is 41.7 Å². The van der Waals surface area contributed by atoms with Gasteiger partial charge in [-0.2, -0.15) is 0 Å². The van der Waals surface area contributed by atoms with E-state index < -0.39 is 17.0 Å². The maximum atomic E-state index is 14.5. The number of halogens is 4. The van der Waals surface area contributed by atoms with E-state index in [0.717, 1.165) is 11.6 Å². The fourth-order valence-electron chi connectivity index (χ4n) is 3.92. The van der Waals surface area contributed by atoms with Gasteiger partial charge in [0.1, 0.15) is 11.6 Å². The molecule has 0 bridgehead atoms. The van der Waals surface area contributed by atoms with Crippen molar-refractivity contribution in [1.82, 2.24) is 0 Å². The van der Waals surface area contributed by atoms with Gasteiger partial charge in [0.2, 0.25) is 0 Å². The summed E-state index contributed by atoms with van der Waals surface area (Å²) < 4.78 is 28.4. The summed E-state index contributed by atoms with van der Waals surface area (Å²) in [5, 5.41) is 0.918. The van der Waals surface area contributed by atoms with Crippen LogP contribution in [0.2, 0.25) is 10.0 Å². The number of benzene rings is 2. The molecule has 1 aliphatic rings. The quantitative estimate of drug-likeness (QED) is 0.577. The Kier molecular flexibility index (Phi) is 3.73. The van der Waals surface area contributed by atoms with Crippen molar-refractivity contribution in [2.45, 2.75) is 32.6 Å². The van der Waals surface area contributed by atoms with Crippen molar-refractivity contribution in [2.24, 2.45) is 5.92 Å². The SMILES string of the molecule is CCC1(C(C)C)c2cc(F)cc(F)c2-c2c(Cl)cc(Cl)cc21. The molecular weight excluding hydrogens is 325 g/mol. The molecule has 0 fully saturated rings. The zero-order valence-corrected chi connectivity index (χ0v) is 14.1. The van der Waals surface area contributed by atoms with Crippen molar-refractivity contribution in [3.63, 3.8) is 0 Å². The second-order valence-corrected chi connectivity index (χ2v) is 6.94. The summed E-state index contributed by atoms with van der Waals surface area (Å²) in [6.45, 7) is 6.14. The lowest BCUT2D eigenvalue weighted by molar-refractivity contribution is 0.364. The van der Waals surface area contributed by atoms with Crippen LogP contribution < -0.4 is 0 Å². The first-order valence-corrected chi connectivity index (χ1v) is 8.08. The third kappa shape index (κ3) is 1.93. The molecule has 0 nitrogen and oxygen atoms in total. The smallest absolute Gasteiger partial charge is 0.134 e. The fraction of sp³-hybridized carbons (Fsp3) is 0.333. The highest BCUT2D eigenvalue weighted by atomic mass is 35.5. The Morgan fingerprint density at radius 2 is 1.64 bits per heavy atom. The summed E-state index contributed by atoms with van der Waals surface area (Å²) in [6, 6.07) is 5.80.